The van der Waals surface area contributed by atoms with Gasteiger partial charge in [-0.3, -0.25) is 4.90 Å². The zero-order valence-corrected chi connectivity index (χ0v) is 11.2. The van der Waals surface area contributed by atoms with Gasteiger partial charge in [-0.2, -0.15) is 11.3 Å². The summed E-state index contributed by atoms with van der Waals surface area (Å²) in [5.41, 5.74) is 1.44. The van der Waals surface area contributed by atoms with Crippen LogP contribution in [0.4, 0.5) is 0 Å². The molecule has 2 saturated carbocycles. The van der Waals surface area contributed by atoms with Crippen LogP contribution in [0.15, 0.2) is 16.8 Å². The highest BCUT2D eigenvalue weighted by atomic mass is 32.1. The highest BCUT2D eigenvalue weighted by Crippen LogP contribution is 2.45. The topological polar surface area (TPSA) is 23.5 Å². The summed E-state index contributed by atoms with van der Waals surface area (Å²) in [5, 5.41) is 14.1. The standard InChI is InChI=1S/C14H21NOS/c1-15(8-10-2-3-17-9-10)13-4-11-6-14(16)7-12(11)5-13/h2-3,9,11-14,16H,4-8H2,1H3/t11-,12+,13?,14?. The van der Waals surface area contributed by atoms with Crippen LogP contribution < -0.4 is 0 Å². The predicted molar refractivity (Wildman–Crippen MR) is 71.0 cm³/mol. The first-order chi connectivity index (χ1) is 8.22. The van der Waals surface area contributed by atoms with E-state index in [9.17, 15) is 5.11 Å². The van der Waals surface area contributed by atoms with Crippen LogP contribution in [0.3, 0.4) is 0 Å². The summed E-state index contributed by atoms with van der Waals surface area (Å²) in [6.07, 6.45) is 4.68. The van der Waals surface area contributed by atoms with Crippen LogP contribution >= 0.6 is 11.3 Å². The largest absolute Gasteiger partial charge is 0.393 e. The third-order valence-corrected chi connectivity index (χ3v) is 5.33. The number of hydrogen-bond acceptors (Lipinski definition) is 3. The fraction of sp³-hybridized carbons (Fsp3) is 0.714. The minimum absolute atomic E-state index is 0.00636. The summed E-state index contributed by atoms with van der Waals surface area (Å²) in [7, 11) is 2.25. The van der Waals surface area contributed by atoms with Gasteiger partial charge in [0.25, 0.3) is 0 Å². The van der Waals surface area contributed by atoms with Crippen molar-refractivity contribution in [2.24, 2.45) is 11.8 Å². The molecule has 0 aromatic carbocycles. The Balaban J connectivity index is 1.56. The van der Waals surface area contributed by atoms with Crippen molar-refractivity contribution in [1.29, 1.82) is 0 Å². The summed E-state index contributed by atoms with van der Waals surface area (Å²) in [4.78, 5) is 2.51. The molecule has 4 atom stereocenters. The van der Waals surface area contributed by atoms with Gasteiger partial charge in [-0.25, -0.2) is 0 Å². The molecule has 0 bridgehead atoms. The van der Waals surface area contributed by atoms with Crippen LogP contribution in [-0.2, 0) is 6.54 Å². The molecule has 0 radical (unpaired) electrons. The van der Waals surface area contributed by atoms with Crippen molar-refractivity contribution in [3.8, 4) is 0 Å². The molecule has 17 heavy (non-hydrogen) atoms. The van der Waals surface area contributed by atoms with Gasteiger partial charge in [-0.05, 0) is 67.0 Å². The fourth-order valence-electron chi connectivity index (χ4n) is 3.71. The maximum atomic E-state index is 9.66. The maximum Gasteiger partial charge on any atom is 0.0545 e. The maximum absolute atomic E-state index is 9.66. The average molecular weight is 251 g/mol. The van der Waals surface area contributed by atoms with Gasteiger partial charge in [-0.15, -0.1) is 0 Å². The summed E-state index contributed by atoms with van der Waals surface area (Å²) >= 11 is 1.78. The first-order valence-electron chi connectivity index (χ1n) is 6.61. The molecular weight excluding hydrogens is 230 g/mol. The minimum atomic E-state index is -0.00636. The quantitative estimate of drug-likeness (QED) is 0.893. The molecule has 2 unspecified atom stereocenters. The SMILES string of the molecule is CN(Cc1ccsc1)C1C[C@H]2CC(O)C[C@H]2C1. The number of thiophene rings is 1. The monoisotopic (exact) mass is 251 g/mol. The molecule has 1 aromatic rings. The van der Waals surface area contributed by atoms with E-state index in [0.717, 1.165) is 37.3 Å². The lowest BCUT2D eigenvalue weighted by molar-refractivity contribution is 0.158. The van der Waals surface area contributed by atoms with E-state index in [1.807, 2.05) is 0 Å². The molecule has 1 N–H and O–H groups in total. The lowest BCUT2D eigenvalue weighted by Gasteiger charge is -2.25. The summed E-state index contributed by atoms with van der Waals surface area (Å²) in [6.45, 7) is 1.08. The van der Waals surface area contributed by atoms with Gasteiger partial charge in [0.05, 0.1) is 6.10 Å². The first kappa shape index (κ1) is 11.7. The minimum Gasteiger partial charge on any atom is -0.393 e. The van der Waals surface area contributed by atoms with Gasteiger partial charge < -0.3 is 5.11 Å². The van der Waals surface area contributed by atoms with E-state index in [2.05, 4.69) is 28.8 Å². The Hall–Kier alpha value is -0.380. The molecule has 3 rings (SSSR count). The van der Waals surface area contributed by atoms with E-state index in [-0.39, 0.29) is 6.10 Å². The van der Waals surface area contributed by atoms with Gasteiger partial charge in [-0.1, -0.05) is 0 Å². The second kappa shape index (κ2) is 4.71. The van der Waals surface area contributed by atoms with E-state index >= 15 is 0 Å². The Kier molecular flexibility index (Phi) is 3.24. The molecule has 0 aliphatic heterocycles. The van der Waals surface area contributed by atoms with Crippen LogP contribution in [0.5, 0.6) is 0 Å². The number of rotatable bonds is 3. The highest BCUT2D eigenvalue weighted by molar-refractivity contribution is 7.07. The van der Waals surface area contributed by atoms with E-state index in [1.165, 1.54) is 18.4 Å². The van der Waals surface area contributed by atoms with Crippen molar-refractivity contribution in [1.82, 2.24) is 4.90 Å². The van der Waals surface area contributed by atoms with Crippen LogP contribution in [0.2, 0.25) is 0 Å². The van der Waals surface area contributed by atoms with Crippen LogP contribution in [0, 0.1) is 11.8 Å². The summed E-state index contributed by atoms with van der Waals surface area (Å²) in [6, 6.07) is 2.96. The van der Waals surface area contributed by atoms with Gasteiger partial charge >= 0.3 is 0 Å². The van der Waals surface area contributed by atoms with Crippen molar-refractivity contribution < 1.29 is 5.11 Å². The Bertz CT molecular complexity index is 350. The molecule has 1 heterocycles. The molecule has 0 amide bonds. The number of fused-ring (bicyclic) bond motifs is 1. The molecular formula is C14H21NOS. The Morgan fingerprint density at radius 3 is 2.59 bits per heavy atom. The molecule has 2 nitrogen and oxygen atoms in total. The van der Waals surface area contributed by atoms with E-state index < -0.39 is 0 Å². The zero-order valence-electron chi connectivity index (χ0n) is 10.4. The van der Waals surface area contributed by atoms with Crippen molar-refractivity contribution in [3.63, 3.8) is 0 Å². The average Bonchev–Trinajstić information content (AvgIpc) is 2.92. The second-order valence-electron chi connectivity index (χ2n) is 5.82. The van der Waals surface area contributed by atoms with Crippen LogP contribution in [0.25, 0.3) is 0 Å². The predicted octanol–water partition coefficient (Wildman–Crippen LogP) is 2.73. The lowest BCUT2D eigenvalue weighted by Crippen LogP contribution is -2.29. The second-order valence-corrected chi connectivity index (χ2v) is 6.60. The molecule has 2 fully saturated rings. The van der Waals surface area contributed by atoms with Gasteiger partial charge in [0.15, 0.2) is 0 Å². The molecule has 0 spiro atoms. The molecule has 1 aromatic heterocycles. The number of aliphatic hydroxyl groups is 1. The molecule has 0 saturated heterocycles. The summed E-state index contributed by atoms with van der Waals surface area (Å²) < 4.78 is 0. The Labute approximate surface area is 107 Å². The molecule has 94 valence electrons. The van der Waals surface area contributed by atoms with Crippen LogP contribution in [-0.4, -0.2) is 29.2 Å². The normalized spacial score (nSPS) is 36.6. The summed E-state index contributed by atoms with van der Waals surface area (Å²) in [5.74, 6) is 1.58. The third-order valence-electron chi connectivity index (χ3n) is 4.60. The van der Waals surface area contributed by atoms with E-state index in [4.69, 9.17) is 0 Å². The van der Waals surface area contributed by atoms with Crippen LogP contribution in [0.1, 0.15) is 31.2 Å². The lowest BCUT2D eigenvalue weighted by atomic mass is 10.0. The molecule has 2 aliphatic carbocycles. The van der Waals surface area contributed by atoms with Crippen molar-refractivity contribution in [2.75, 3.05) is 7.05 Å². The first-order valence-corrected chi connectivity index (χ1v) is 7.56. The van der Waals surface area contributed by atoms with Crippen molar-refractivity contribution in [2.45, 2.75) is 44.4 Å². The Morgan fingerprint density at radius 2 is 2.00 bits per heavy atom. The zero-order chi connectivity index (χ0) is 11.8. The Morgan fingerprint density at radius 1 is 1.29 bits per heavy atom. The molecule has 2 aliphatic rings. The smallest absolute Gasteiger partial charge is 0.0545 e. The fourth-order valence-corrected chi connectivity index (χ4v) is 4.37. The number of hydrogen-bond donors (Lipinski definition) is 1. The van der Waals surface area contributed by atoms with Gasteiger partial charge in [0.1, 0.15) is 0 Å². The third kappa shape index (κ3) is 2.42. The number of aliphatic hydroxyl groups excluding tert-OH is 1. The number of nitrogens with zero attached hydrogens (tertiary/aromatic N) is 1. The van der Waals surface area contributed by atoms with Gasteiger partial charge in [0.2, 0.25) is 0 Å². The molecule has 3 heteroatoms. The van der Waals surface area contributed by atoms with Gasteiger partial charge in [0, 0.05) is 12.6 Å². The van der Waals surface area contributed by atoms with Crippen molar-refractivity contribution in [3.05, 3.63) is 22.4 Å². The van der Waals surface area contributed by atoms with Crippen molar-refractivity contribution >= 4 is 11.3 Å². The van der Waals surface area contributed by atoms with E-state index in [1.54, 1.807) is 11.3 Å². The highest BCUT2D eigenvalue weighted by Gasteiger charge is 2.42. The van der Waals surface area contributed by atoms with E-state index in [0.29, 0.717) is 0 Å².